The number of esters is 1. The van der Waals surface area contributed by atoms with Crippen LogP contribution in [-0.2, 0) is 14.4 Å². The molecule has 1 N–H and O–H groups in total. The highest BCUT2D eigenvalue weighted by Crippen LogP contribution is 2.21. The molecule has 0 aromatic carbocycles. The first-order valence-electron chi connectivity index (χ1n) is 6.65. The van der Waals surface area contributed by atoms with Crippen LogP contribution in [0.2, 0.25) is 0 Å². The summed E-state index contributed by atoms with van der Waals surface area (Å²) >= 11 is 0. The third kappa shape index (κ3) is 9.55. The summed E-state index contributed by atoms with van der Waals surface area (Å²) in [5.74, 6) is -0.317. The highest BCUT2D eigenvalue weighted by molar-refractivity contribution is 5.69. The Balaban J connectivity index is 4.24. The minimum atomic E-state index is -1.21. The van der Waals surface area contributed by atoms with E-state index in [-0.39, 0.29) is 24.3 Å². The molecular formula is C13H26N2O4. The van der Waals surface area contributed by atoms with E-state index in [9.17, 15) is 4.79 Å². The van der Waals surface area contributed by atoms with E-state index in [1.807, 2.05) is 27.7 Å². The Morgan fingerprint density at radius 1 is 1.21 bits per heavy atom. The van der Waals surface area contributed by atoms with Crippen LogP contribution in [0.5, 0.6) is 0 Å². The van der Waals surface area contributed by atoms with Gasteiger partial charge in [0.1, 0.15) is 0 Å². The Kier molecular flexibility index (Phi) is 7.78. The molecule has 1 atom stereocenters. The molecule has 0 heterocycles. The van der Waals surface area contributed by atoms with Crippen molar-refractivity contribution >= 4 is 5.97 Å². The van der Waals surface area contributed by atoms with Crippen molar-refractivity contribution in [2.24, 2.45) is 10.2 Å². The van der Waals surface area contributed by atoms with Crippen molar-refractivity contribution < 1.29 is 19.7 Å². The van der Waals surface area contributed by atoms with E-state index in [0.717, 1.165) is 12.8 Å². The maximum Gasteiger partial charge on any atom is 0.305 e. The van der Waals surface area contributed by atoms with E-state index in [1.54, 1.807) is 6.92 Å². The molecule has 1 unspecified atom stereocenters. The molecule has 0 aliphatic rings. The maximum absolute atomic E-state index is 11.4. The standard InChI is InChI=1S/C13H26N2O4/c1-6-7-10-18-11(16)8-9-13(5,19-17)15-14-12(2,3)4/h17H,6-10H2,1-5H3/b15-14+. The Labute approximate surface area is 115 Å². The van der Waals surface area contributed by atoms with Gasteiger partial charge >= 0.3 is 5.97 Å². The molecular weight excluding hydrogens is 248 g/mol. The number of carbonyl (C=O) groups excluding carboxylic acids is 1. The van der Waals surface area contributed by atoms with E-state index in [2.05, 4.69) is 15.1 Å². The maximum atomic E-state index is 11.4. The molecule has 0 radical (unpaired) electrons. The number of rotatable bonds is 8. The van der Waals surface area contributed by atoms with Crippen molar-refractivity contribution in [2.75, 3.05) is 6.61 Å². The molecule has 0 rings (SSSR count). The van der Waals surface area contributed by atoms with Crippen LogP contribution in [0.15, 0.2) is 10.2 Å². The smallest absolute Gasteiger partial charge is 0.305 e. The summed E-state index contributed by atoms with van der Waals surface area (Å²) in [4.78, 5) is 15.8. The highest BCUT2D eigenvalue weighted by Gasteiger charge is 2.27. The zero-order chi connectivity index (χ0) is 14.9. The largest absolute Gasteiger partial charge is 0.466 e. The first-order chi connectivity index (χ1) is 8.72. The fraction of sp³-hybridized carbons (Fsp3) is 0.923. The second-order valence-electron chi connectivity index (χ2n) is 5.71. The minimum Gasteiger partial charge on any atom is -0.466 e. The minimum absolute atomic E-state index is 0.129. The predicted molar refractivity (Wildman–Crippen MR) is 71.8 cm³/mol. The number of hydrogen-bond acceptors (Lipinski definition) is 6. The third-order valence-corrected chi connectivity index (χ3v) is 2.31. The molecule has 0 spiro atoms. The number of carbonyl (C=O) groups is 1. The molecule has 6 heteroatoms. The van der Waals surface area contributed by atoms with Gasteiger partial charge in [-0.2, -0.15) is 10.2 Å². The first kappa shape index (κ1) is 18.0. The number of ether oxygens (including phenoxy) is 1. The lowest BCUT2D eigenvalue weighted by Gasteiger charge is -2.21. The summed E-state index contributed by atoms with van der Waals surface area (Å²) in [6.07, 6.45) is 2.17. The fourth-order valence-electron chi connectivity index (χ4n) is 1.11. The van der Waals surface area contributed by atoms with Crippen LogP contribution in [-0.4, -0.2) is 29.1 Å². The van der Waals surface area contributed by atoms with E-state index in [1.165, 1.54) is 0 Å². The van der Waals surface area contributed by atoms with Gasteiger partial charge in [-0.05, 0) is 34.1 Å². The summed E-state index contributed by atoms with van der Waals surface area (Å²) < 4.78 is 5.02. The normalized spacial score (nSPS) is 15.5. The van der Waals surface area contributed by atoms with Crippen molar-refractivity contribution in [1.29, 1.82) is 0 Å². The summed E-state index contributed by atoms with van der Waals surface area (Å²) in [7, 11) is 0. The summed E-state index contributed by atoms with van der Waals surface area (Å²) in [6, 6.07) is 0. The number of azo groups is 1. The SMILES string of the molecule is CCCCOC(=O)CCC(C)(/N=N/C(C)(C)C)OO. The highest BCUT2D eigenvalue weighted by atomic mass is 17.1. The van der Waals surface area contributed by atoms with Crippen LogP contribution < -0.4 is 0 Å². The van der Waals surface area contributed by atoms with Crippen molar-refractivity contribution in [3.8, 4) is 0 Å². The van der Waals surface area contributed by atoms with Gasteiger partial charge in [0.05, 0.1) is 18.6 Å². The quantitative estimate of drug-likeness (QED) is 0.241. The lowest BCUT2D eigenvalue weighted by Crippen LogP contribution is -2.27. The second kappa shape index (κ2) is 8.22. The van der Waals surface area contributed by atoms with Crippen molar-refractivity contribution in [2.45, 2.75) is 71.6 Å². The fourth-order valence-corrected chi connectivity index (χ4v) is 1.11. The Morgan fingerprint density at radius 3 is 2.32 bits per heavy atom. The molecule has 0 saturated heterocycles. The van der Waals surface area contributed by atoms with Crippen molar-refractivity contribution in [3.05, 3.63) is 0 Å². The predicted octanol–water partition coefficient (Wildman–Crippen LogP) is 3.57. The Morgan fingerprint density at radius 2 is 1.84 bits per heavy atom. The van der Waals surface area contributed by atoms with Crippen LogP contribution in [0, 0.1) is 0 Å². The van der Waals surface area contributed by atoms with Gasteiger partial charge < -0.3 is 4.74 Å². The molecule has 0 aliphatic heterocycles. The molecule has 0 amide bonds. The molecule has 19 heavy (non-hydrogen) atoms. The summed E-state index contributed by atoms with van der Waals surface area (Å²) in [6.45, 7) is 9.67. The van der Waals surface area contributed by atoms with Crippen LogP contribution >= 0.6 is 0 Å². The lowest BCUT2D eigenvalue weighted by molar-refractivity contribution is -0.319. The van der Waals surface area contributed by atoms with Gasteiger partial charge in [0.15, 0.2) is 0 Å². The van der Waals surface area contributed by atoms with Crippen molar-refractivity contribution in [3.63, 3.8) is 0 Å². The zero-order valence-electron chi connectivity index (χ0n) is 12.6. The topological polar surface area (TPSA) is 80.5 Å². The van der Waals surface area contributed by atoms with Gasteiger partial charge in [0.25, 0.3) is 0 Å². The Hall–Kier alpha value is -1.01. The van der Waals surface area contributed by atoms with E-state index >= 15 is 0 Å². The number of unbranched alkanes of at least 4 members (excludes halogenated alkanes) is 1. The third-order valence-electron chi connectivity index (χ3n) is 2.31. The molecule has 0 fully saturated rings. The number of hydrogen-bond donors (Lipinski definition) is 1. The van der Waals surface area contributed by atoms with Gasteiger partial charge in [0.2, 0.25) is 5.72 Å². The van der Waals surface area contributed by atoms with Crippen LogP contribution in [0.4, 0.5) is 0 Å². The van der Waals surface area contributed by atoms with E-state index < -0.39 is 5.72 Å². The van der Waals surface area contributed by atoms with Gasteiger partial charge in [-0.25, -0.2) is 10.1 Å². The summed E-state index contributed by atoms with van der Waals surface area (Å²) in [5, 5.41) is 16.9. The van der Waals surface area contributed by atoms with Crippen LogP contribution in [0.1, 0.15) is 60.3 Å². The van der Waals surface area contributed by atoms with Crippen LogP contribution in [0.3, 0.4) is 0 Å². The average Bonchev–Trinajstić information content (AvgIpc) is 2.33. The molecule has 112 valence electrons. The molecule has 0 aromatic heterocycles. The van der Waals surface area contributed by atoms with Crippen LogP contribution in [0.25, 0.3) is 0 Å². The van der Waals surface area contributed by atoms with E-state index in [4.69, 9.17) is 9.99 Å². The van der Waals surface area contributed by atoms with Gasteiger partial charge in [-0.1, -0.05) is 13.3 Å². The van der Waals surface area contributed by atoms with Crippen molar-refractivity contribution in [1.82, 2.24) is 0 Å². The zero-order valence-corrected chi connectivity index (χ0v) is 12.6. The summed E-state index contributed by atoms with van der Waals surface area (Å²) in [5.41, 5.74) is -1.57. The van der Waals surface area contributed by atoms with Gasteiger partial charge in [0, 0.05) is 6.42 Å². The van der Waals surface area contributed by atoms with Gasteiger partial charge in [-0.3, -0.25) is 4.79 Å². The Bertz CT molecular complexity index is 300. The second-order valence-corrected chi connectivity index (χ2v) is 5.71. The van der Waals surface area contributed by atoms with Gasteiger partial charge in [-0.15, -0.1) is 0 Å². The monoisotopic (exact) mass is 274 g/mol. The molecule has 6 nitrogen and oxygen atoms in total. The molecule has 0 saturated carbocycles. The van der Waals surface area contributed by atoms with E-state index in [0.29, 0.717) is 6.61 Å². The average molecular weight is 274 g/mol. The number of nitrogens with zero attached hydrogens (tertiary/aromatic N) is 2. The lowest BCUT2D eigenvalue weighted by atomic mass is 10.1. The first-order valence-corrected chi connectivity index (χ1v) is 6.65. The molecule has 0 bridgehead atoms. The molecule has 0 aliphatic carbocycles. The molecule has 0 aromatic rings.